The Morgan fingerprint density at radius 2 is 1.80 bits per heavy atom. The van der Waals surface area contributed by atoms with Crippen LogP contribution in [0.15, 0.2) is 42.5 Å². The second-order valence-electron chi connectivity index (χ2n) is 10.0. The minimum atomic E-state index is -0.860. The maximum absolute atomic E-state index is 12.7. The van der Waals surface area contributed by atoms with Crippen molar-refractivity contribution in [1.82, 2.24) is 0 Å². The Labute approximate surface area is 176 Å². The number of hydrogen-bond donors (Lipinski definition) is 2. The number of ether oxygens (including phenoxy) is 1. The van der Waals surface area contributed by atoms with E-state index in [1.54, 1.807) is 6.92 Å². The van der Waals surface area contributed by atoms with Gasteiger partial charge in [-0.05, 0) is 85.6 Å². The Bertz CT molecular complexity index is 986. The molecule has 0 saturated heterocycles. The van der Waals surface area contributed by atoms with Crippen LogP contribution < -0.4 is 5.32 Å². The molecule has 0 aliphatic heterocycles. The van der Waals surface area contributed by atoms with E-state index in [4.69, 9.17) is 4.74 Å². The number of aliphatic hydroxyl groups is 1. The van der Waals surface area contributed by atoms with Gasteiger partial charge in [-0.1, -0.05) is 30.3 Å². The van der Waals surface area contributed by atoms with Crippen LogP contribution in [0.5, 0.6) is 0 Å². The molecule has 4 saturated carbocycles. The topological polar surface area (TPSA) is 75.6 Å². The zero-order valence-electron chi connectivity index (χ0n) is 17.4. The Balaban J connectivity index is 1.20. The van der Waals surface area contributed by atoms with Crippen LogP contribution in [0.3, 0.4) is 0 Å². The Kier molecular flexibility index (Phi) is 4.62. The highest BCUT2D eigenvalue weighted by Crippen LogP contribution is 2.62. The molecule has 5 nitrogen and oxygen atoms in total. The van der Waals surface area contributed by atoms with Gasteiger partial charge in [0.15, 0.2) is 6.10 Å². The van der Waals surface area contributed by atoms with E-state index in [2.05, 4.69) is 5.32 Å². The van der Waals surface area contributed by atoms with Crippen LogP contribution in [-0.4, -0.2) is 28.7 Å². The molecule has 0 spiro atoms. The fourth-order valence-corrected chi connectivity index (χ4v) is 6.72. The molecule has 2 unspecified atom stereocenters. The van der Waals surface area contributed by atoms with E-state index in [0.29, 0.717) is 30.4 Å². The SMILES string of the molecule is C[C@@H](OC(=O)CC12C[C@@H]3C[C@@H](CC(O)(C3)C1)C2)C(=O)Nc1ccc2ccccc2c1. The minimum absolute atomic E-state index is 0.148. The highest BCUT2D eigenvalue weighted by atomic mass is 16.5. The van der Waals surface area contributed by atoms with Crippen LogP contribution in [0.2, 0.25) is 0 Å². The lowest BCUT2D eigenvalue weighted by Crippen LogP contribution is -2.56. The number of esters is 1. The highest BCUT2D eigenvalue weighted by Gasteiger charge is 2.57. The lowest BCUT2D eigenvalue weighted by atomic mass is 9.47. The smallest absolute Gasteiger partial charge is 0.307 e. The quantitative estimate of drug-likeness (QED) is 0.719. The number of carbonyl (C=O) groups excluding carboxylic acids is 2. The summed E-state index contributed by atoms with van der Waals surface area (Å²) in [5.41, 5.74) is -0.0571. The summed E-state index contributed by atoms with van der Waals surface area (Å²) in [5.74, 6) is 0.389. The number of amides is 1. The van der Waals surface area contributed by atoms with Crippen molar-refractivity contribution in [2.24, 2.45) is 17.3 Å². The monoisotopic (exact) mass is 407 g/mol. The van der Waals surface area contributed by atoms with Gasteiger partial charge in [-0.25, -0.2) is 0 Å². The van der Waals surface area contributed by atoms with Gasteiger partial charge in [0.25, 0.3) is 5.91 Å². The predicted octanol–water partition coefficient (Wildman–Crippen LogP) is 4.43. The fourth-order valence-electron chi connectivity index (χ4n) is 6.72. The van der Waals surface area contributed by atoms with Crippen LogP contribution in [0, 0.1) is 17.3 Å². The minimum Gasteiger partial charge on any atom is -0.453 e. The summed E-state index contributed by atoms with van der Waals surface area (Å²) in [6.45, 7) is 1.61. The number of hydrogen-bond acceptors (Lipinski definition) is 4. The van der Waals surface area contributed by atoms with Crippen molar-refractivity contribution in [3.8, 4) is 0 Å². The Morgan fingerprint density at radius 1 is 1.10 bits per heavy atom. The van der Waals surface area contributed by atoms with Crippen molar-refractivity contribution in [3.63, 3.8) is 0 Å². The summed E-state index contributed by atoms with van der Waals surface area (Å²) in [7, 11) is 0. The first-order valence-corrected chi connectivity index (χ1v) is 11.0. The number of carbonyl (C=O) groups is 2. The summed E-state index contributed by atoms with van der Waals surface area (Å²) in [6.07, 6.45) is 5.08. The number of fused-ring (bicyclic) bond motifs is 1. The first-order chi connectivity index (χ1) is 14.3. The Hall–Kier alpha value is -2.40. The van der Waals surface area contributed by atoms with Crippen LogP contribution >= 0.6 is 0 Å². The van der Waals surface area contributed by atoms with E-state index >= 15 is 0 Å². The van der Waals surface area contributed by atoms with Crippen molar-refractivity contribution >= 4 is 28.3 Å². The molecule has 158 valence electrons. The molecule has 5 heteroatoms. The molecule has 2 aromatic rings. The molecule has 5 atom stereocenters. The van der Waals surface area contributed by atoms with Gasteiger partial charge in [0.05, 0.1) is 12.0 Å². The summed E-state index contributed by atoms with van der Waals surface area (Å²) < 4.78 is 5.51. The van der Waals surface area contributed by atoms with Gasteiger partial charge in [0, 0.05) is 5.69 Å². The summed E-state index contributed by atoms with van der Waals surface area (Å²) in [5, 5.41) is 15.9. The molecule has 30 heavy (non-hydrogen) atoms. The van der Waals surface area contributed by atoms with Crippen molar-refractivity contribution in [2.45, 2.75) is 63.6 Å². The molecule has 0 heterocycles. The van der Waals surface area contributed by atoms with Crippen LogP contribution in [0.1, 0.15) is 51.9 Å². The zero-order chi connectivity index (χ0) is 20.9. The third kappa shape index (κ3) is 3.71. The molecule has 2 aromatic carbocycles. The van der Waals surface area contributed by atoms with Crippen molar-refractivity contribution in [3.05, 3.63) is 42.5 Å². The fraction of sp³-hybridized carbons (Fsp3) is 0.520. The molecule has 1 amide bonds. The van der Waals surface area contributed by atoms with Crippen molar-refractivity contribution < 1.29 is 19.4 Å². The normalized spacial score (nSPS) is 32.7. The van der Waals surface area contributed by atoms with Gasteiger partial charge in [0.1, 0.15) is 0 Å². The first-order valence-electron chi connectivity index (χ1n) is 11.0. The number of anilines is 1. The number of nitrogens with one attached hydrogen (secondary N) is 1. The predicted molar refractivity (Wildman–Crippen MR) is 115 cm³/mol. The largest absolute Gasteiger partial charge is 0.453 e. The number of rotatable bonds is 5. The third-order valence-corrected chi connectivity index (χ3v) is 7.37. The average Bonchev–Trinajstić information content (AvgIpc) is 2.65. The number of benzene rings is 2. The molecule has 4 fully saturated rings. The van der Waals surface area contributed by atoms with Crippen molar-refractivity contribution in [1.29, 1.82) is 0 Å². The van der Waals surface area contributed by atoms with Crippen LogP contribution in [-0.2, 0) is 14.3 Å². The lowest BCUT2D eigenvalue weighted by Gasteiger charge is -2.60. The summed E-state index contributed by atoms with van der Waals surface area (Å²) >= 11 is 0. The van der Waals surface area contributed by atoms with E-state index < -0.39 is 11.7 Å². The van der Waals surface area contributed by atoms with E-state index in [9.17, 15) is 14.7 Å². The molecular weight excluding hydrogens is 378 g/mol. The molecule has 4 aliphatic carbocycles. The Morgan fingerprint density at radius 3 is 2.50 bits per heavy atom. The lowest BCUT2D eigenvalue weighted by molar-refractivity contribution is -0.179. The second kappa shape index (κ2) is 7.09. The van der Waals surface area contributed by atoms with Crippen LogP contribution in [0.4, 0.5) is 5.69 Å². The summed E-state index contributed by atoms with van der Waals surface area (Å²) in [4.78, 5) is 25.3. The molecule has 4 bridgehead atoms. The summed E-state index contributed by atoms with van der Waals surface area (Å²) in [6, 6.07) is 13.7. The standard InChI is InChI=1S/C25H29NO4/c1-16(23(28)26-21-7-6-19-4-2-3-5-20(19)9-21)30-22(27)14-24-10-17-8-18(11-24)13-25(29,12-17)15-24/h2-7,9,16-18,29H,8,10-15H2,1H3,(H,26,28)/t16-,17-,18+,24?,25?/m1/s1. The van der Waals surface area contributed by atoms with Gasteiger partial charge in [0.2, 0.25) is 0 Å². The van der Waals surface area contributed by atoms with E-state index in [1.807, 2.05) is 42.5 Å². The zero-order valence-corrected chi connectivity index (χ0v) is 17.4. The maximum atomic E-state index is 12.7. The second-order valence-corrected chi connectivity index (χ2v) is 10.0. The van der Waals surface area contributed by atoms with Crippen molar-refractivity contribution in [2.75, 3.05) is 5.32 Å². The highest BCUT2D eigenvalue weighted by molar-refractivity contribution is 5.97. The molecule has 0 radical (unpaired) electrons. The van der Waals surface area contributed by atoms with Gasteiger partial charge in [-0.15, -0.1) is 0 Å². The van der Waals surface area contributed by atoms with E-state index in [0.717, 1.165) is 36.5 Å². The molecule has 2 N–H and O–H groups in total. The molecule has 4 aliphatic rings. The van der Waals surface area contributed by atoms with Gasteiger partial charge >= 0.3 is 5.97 Å². The van der Waals surface area contributed by atoms with E-state index in [1.165, 1.54) is 6.42 Å². The van der Waals surface area contributed by atoms with E-state index in [-0.39, 0.29) is 17.3 Å². The third-order valence-electron chi connectivity index (χ3n) is 7.37. The van der Waals surface area contributed by atoms with Crippen LogP contribution in [0.25, 0.3) is 10.8 Å². The molecule has 6 rings (SSSR count). The molecule has 0 aromatic heterocycles. The average molecular weight is 408 g/mol. The maximum Gasteiger partial charge on any atom is 0.307 e. The molecular formula is C25H29NO4. The van der Waals surface area contributed by atoms with Gasteiger partial charge in [-0.3, -0.25) is 9.59 Å². The first kappa shape index (κ1) is 19.6. The van der Waals surface area contributed by atoms with Gasteiger partial charge < -0.3 is 15.2 Å². The van der Waals surface area contributed by atoms with Gasteiger partial charge in [-0.2, -0.15) is 0 Å².